The molecule has 0 saturated carbocycles. The highest BCUT2D eigenvalue weighted by atomic mass is 79.9. The van der Waals surface area contributed by atoms with Crippen LogP contribution in [0.3, 0.4) is 0 Å². The molecular formula is C18H22BrN2O2+. The van der Waals surface area contributed by atoms with E-state index < -0.39 is 6.10 Å². The average Bonchev–Trinajstić information content (AvgIpc) is 2.50. The number of halogens is 1. The van der Waals surface area contributed by atoms with Crippen LogP contribution in [0.15, 0.2) is 53.0 Å². The van der Waals surface area contributed by atoms with Gasteiger partial charge >= 0.3 is 0 Å². The molecule has 2 aromatic carbocycles. The fraction of sp³-hybridized carbons (Fsp3) is 0.278. The molecule has 0 heterocycles. The minimum absolute atomic E-state index is 0.0619. The summed E-state index contributed by atoms with van der Waals surface area (Å²) < 4.78 is 0.988. The highest BCUT2D eigenvalue weighted by molar-refractivity contribution is 9.10. The molecule has 3 N–H and O–H groups in total. The smallest absolute Gasteiger partial charge is 0.279 e. The minimum atomic E-state index is -0.571. The van der Waals surface area contributed by atoms with Gasteiger partial charge < -0.3 is 15.3 Å². The van der Waals surface area contributed by atoms with Crippen LogP contribution in [-0.2, 0) is 4.79 Å². The minimum Gasteiger partial charge on any atom is -0.382 e. The summed E-state index contributed by atoms with van der Waals surface area (Å²) in [7, 11) is 1.90. The van der Waals surface area contributed by atoms with Crippen LogP contribution in [0.2, 0.25) is 0 Å². The van der Waals surface area contributed by atoms with Gasteiger partial charge in [0.25, 0.3) is 5.91 Å². The molecule has 0 bridgehead atoms. The molecule has 122 valence electrons. The zero-order valence-corrected chi connectivity index (χ0v) is 14.9. The van der Waals surface area contributed by atoms with Gasteiger partial charge in [-0.05, 0) is 36.2 Å². The third-order valence-electron chi connectivity index (χ3n) is 3.65. The molecule has 0 spiro atoms. The van der Waals surface area contributed by atoms with Crippen molar-refractivity contribution in [1.29, 1.82) is 0 Å². The highest BCUT2D eigenvalue weighted by Crippen LogP contribution is 2.19. The molecular weight excluding hydrogens is 356 g/mol. The molecule has 4 nitrogen and oxygen atoms in total. The van der Waals surface area contributed by atoms with Gasteiger partial charge in [0.15, 0.2) is 6.54 Å². The predicted octanol–water partition coefficient (Wildman–Crippen LogP) is 1.94. The van der Waals surface area contributed by atoms with Crippen molar-refractivity contribution in [2.45, 2.75) is 13.0 Å². The third kappa shape index (κ3) is 5.46. The maximum Gasteiger partial charge on any atom is 0.279 e. The van der Waals surface area contributed by atoms with E-state index in [9.17, 15) is 9.90 Å². The summed E-state index contributed by atoms with van der Waals surface area (Å²) in [6.45, 7) is 2.74. The quantitative estimate of drug-likeness (QED) is 0.720. The lowest BCUT2D eigenvalue weighted by atomic mass is 10.1. The first-order valence-corrected chi connectivity index (χ1v) is 8.35. The van der Waals surface area contributed by atoms with E-state index in [4.69, 9.17) is 0 Å². The lowest BCUT2D eigenvalue weighted by molar-refractivity contribution is -0.875. The van der Waals surface area contributed by atoms with Crippen LogP contribution < -0.4 is 10.2 Å². The molecule has 2 aromatic rings. The Morgan fingerprint density at radius 3 is 2.61 bits per heavy atom. The number of amides is 1. The van der Waals surface area contributed by atoms with E-state index in [1.807, 2.05) is 62.5 Å². The van der Waals surface area contributed by atoms with Crippen LogP contribution in [0.25, 0.3) is 0 Å². The second-order valence-electron chi connectivity index (χ2n) is 5.77. The number of aliphatic hydroxyl groups is 1. The Labute approximate surface area is 145 Å². The number of benzene rings is 2. The van der Waals surface area contributed by atoms with Crippen molar-refractivity contribution in [3.8, 4) is 0 Å². The second-order valence-corrected chi connectivity index (χ2v) is 6.69. The van der Waals surface area contributed by atoms with E-state index in [-0.39, 0.29) is 5.91 Å². The molecule has 0 aromatic heterocycles. The van der Waals surface area contributed by atoms with Crippen molar-refractivity contribution < 1.29 is 14.8 Å². The van der Waals surface area contributed by atoms with E-state index in [0.717, 1.165) is 26.2 Å². The van der Waals surface area contributed by atoms with Gasteiger partial charge in [-0.2, -0.15) is 0 Å². The maximum atomic E-state index is 12.2. The summed E-state index contributed by atoms with van der Waals surface area (Å²) in [4.78, 5) is 13.1. The summed E-state index contributed by atoms with van der Waals surface area (Å²) in [6, 6.07) is 15.2. The Bertz CT molecular complexity index is 661. The normalized spacial score (nSPS) is 13.4. The Kier molecular flexibility index (Phi) is 6.33. The largest absolute Gasteiger partial charge is 0.382 e. The Morgan fingerprint density at radius 2 is 1.96 bits per heavy atom. The van der Waals surface area contributed by atoms with Crippen LogP contribution in [0.1, 0.15) is 17.2 Å². The number of rotatable bonds is 6. The lowest BCUT2D eigenvalue weighted by Crippen LogP contribution is -3.10. The summed E-state index contributed by atoms with van der Waals surface area (Å²) in [6.07, 6.45) is -0.571. The van der Waals surface area contributed by atoms with Crippen LogP contribution in [0.5, 0.6) is 0 Å². The maximum absolute atomic E-state index is 12.2. The molecule has 0 saturated heterocycles. The molecule has 0 aliphatic rings. The van der Waals surface area contributed by atoms with E-state index in [0.29, 0.717) is 13.1 Å². The number of likely N-dealkylation sites (N-methyl/N-ethyl adjacent to an activating group) is 1. The Morgan fingerprint density at radius 1 is 1.26 bits per heavy atom. The number of aliphatic hydroxyl groups excluding tert-OH is 1. The fourth-order valence-electron chi connectivity index (χ4n) is 2.43. The number of hydrogen-bond acceptors (Lipinski definition) is 2. The first-order valence-electron chi connectivity index (χ1n) is 7.56. The molecule has 23 heavy (non-hydrogen) atoms. The standard InChI is InChI=1S/C18H21BrN2O2/c1-13-10-15(19)8-9-16(13)20-18(23)12-21(2)11-17(22)14-6-4-3-5-7-14/h3-10,17,22H,11-12H2,1-2H3,(H,20,23)/p+1/t17-/m0/s1. The molecule has 2 atom stereocenters. The summed E-state index contributed by atoms with van der Waals surface area (Å²) in [5, 5.41) is 13.1. The van der Waals surface area contributed by atoms with Gasteiger partial charge in [-0.25, -0.2) is 0 Å². The van der Waals surface area contributed by atoms with Gasteiger partial charge in [-0.1, -0.05) is 46.3 Å². The van der Waals surface area contributed by atoms with Gasteiger partial charge in [-0.15, -0.1) is 0 Å². The van der Waals surface area contributed by atoms with E-state index in [2.05, 4.69) is 21.2 Å². The Balaban J connectivity index is 1.87. The SMILES string of the molecule is Cc1cc(Br)ccc1NC(=O)C[NH+](C)C[C@H](O)c1ccccc1. The molecule has 1 unspecified atom stereocenters. The monoisotopic (exact) mass is 377 g/mol. The summed E-state index contributed by atoms with van der Waals surface area (Å²) in [5.74, 6) is -0.0619. The van der Waals surface area contributed by atoms with Gasteiger partial charge in [0, 0.05) is 10.2 Å². The van der Waals surface area contributed by atoms with Crippen LogP contribution in [0.4, 0.5) is 5.69 Å². The number of aryl methyl sites for hydroxylation is 1. The lowest BCUT2D eigenvalue weighted by Gasteiger charge is -2.18. The highest BCUT2D eigenvalue weighted by Gasteiger charge is 2.16. The van der Waals surface area contributed by atoms with Crippen molar-refractivity contribution in [2.24, 2.45) is 0 Å². The molecule has 2 rings (SSSR count). The zero-order chi connectivity index (χ0) is 16.8. The number of hydrogen-bond donors (Lipinski definition) is 3. The topological polar surface area (TPSA) is 53.8 Å². The number of anilines is 1. The summed E-state index contributed by atoms with van der Waals surface area (Å²) >= 11 is 3.41. The van der Waals surface area contributed by atoms with Gasteiger partial charge in [0.2, 0.25) is 0 Å². The first-order chi connectivity index (χ1) is 11.0. The van der Waals surface area contributed by atoms with Crippen molar-refractivity contribution in [3.05, 3.63) is 64.1 Å². The summed E-state index contributed by atoms with van der Waals surface area (Å²) in [5.41, 5.74) is 2.69. The average molecular weight is 378 g/mol. The molecule has 0 aliphatic heterocycles. The Hall–Kier alpha value is -1.69. The number of quaternary nitrogens is 1. The van der Waals surface area contributed by atoms with Crippen LogP contribution in [-0.4, -0.2) is 31.2 Å². The van der Waals surface area contributed by atoms with E-state index in [1.165, 1.54) is 0 Å². The third-order valence-corrected chi connectivity index (χ3v) is 4.14. The van der Waals surface area contributed by atoms with Crippen molar-refractivity contribution in [1.82, 2.24) is 0 Å². The predicted molar refractivity (Wildman–Crippen MR) is 95.5 cm³/mol. The van der Waals surface area contributed by atoms with Gasteiger partial charge in [0.05, 0.1) is 7.05 Å². The van der Waals surface area contributed by atoms with Crippen molar-refractivity contribution in [3.63, 3.8) is 0 Å². The first kappa shape index (κ1) is 17.7. The number of carbonyl (C=O) groups excluding carboxylic acids is 1. The van der Waals surface area contributed by atoms with E-state index >= 15 is 0 Å². The number of carbonyl (C=O) groups is 1. The molecule has 5 heteroatoms. The zero-order valence-electron chi connectivity index (χ0n) is 13.3. The molecule has 0 aliphatic carbocycles. The molecule has 0 radical (unpaired) electrons. The van der Waals surface area contributed by atoms with Gasteiger partial charge in [0.1, 0.15) is 12.6 Å². The van der Waals surface area contributed by atoms with Crippen molar-refractivity contribution >= 4 is 27.5 Å². The van der Waals surface area contributed by atoms with E-state index in [1.54, 1.807) is 0 Å². The number of nitrogens with one attached hydrogen (secondary N) is 2. The molecule has 1 amide bonds. The van der Waals surface area contributed by atoms with Crippen molar-refractivity contribution in [2.75, 3.05) is 25.5 Å². The second kappa shape index (κ2) is 8.24. The van der Waals surface area contributed by atoms with Crippen LogP contribution in [0, 0.1) is 6.92 Å². The fourth-order valence-corrected chi connectivity index (χ4v) is 2.91. The van der Waals surface area contributed by atoms with Crippen LogP contribution >= 0.6 is 15.9 Å². The molecule has 0 fully saturated rings. The van der Waals surface area contributed by atoms with Gasteiger partial charge in [-0.3, -0.25) is 4.79 Å².